The van der Waals surface area contributed by atoms with Crippen LogP contribution in [0, 0.1) is 6.92 Å². The second-order valence-electron chi connectivity index (χ2n) is 7.57. The molecule has 2 heterocycles. The largest absolute Gasteiger partial charge is 0.497 e. The molecule has 2 aromatic carbocycles. The highest BCUT2D eigenvalue weighted by molar-refractivity contribution is 6.33. The first-order valence-corrected chi connectivity index (χ1v) is 10.6. The molecule has 0 amide bonds. The number of rotatable bonds is 7. The van der Waals surface area contributed by atoms with Crippen LogP contribution in [0.25, 0.3) is 16.9 Å². The van der Waals surface area contributed by atoms with Crippen LogP contribution < -0.4 is 10.1 Å². The Hall–Kier alpha value is -3.09. The van der Waals surface area contributed by atoms with E-state index in [1.54, 1.807) is 7.11 Å². The summed E-state index contributed by atoms with van der Waals surface area (Å²) in [6.07, 6.45) is 4.11. The molecule has 1 N–H and O–H groups in total. The van der Waals surface area contributed by atoms with E-state index in [0.717, 1.165) is 34.0 Å². The number of aryl methyl sites for hydroxylation is 2. The topological polar surface area (TPSA) is 56.9 Å². The Morgan fingerprint density at radius 3 is 2.45 bits per heavy atom. The molecule has 160 valence electrons. The van der Waals surface area contributed by atoms with Gasteiger partial charge in [-0.2, -0.15) is 10.2 Å². The second-order valence-corrected chi connectivity index (χ2v) is 7.98. The van der Waals surface area contributed by atoms with E-state index in [-0.39, 0.29) is 6.04 Å². The lowest BCUT2D eigenvalue weighted by molar-refractivity contribution is 0.414. The molecule has 0 aliphatic heterocycles. The van der Waals surface area contributed by atoms with Crippen molar-refractivity contribution < 1.29 is 4.74 Å². The van der Waals surface area contributed by atoms with Gasteiger partial charge < -0.3 is 10.1 Å². The zero-order valence-corrected chi connectivity index (χ0v) is 18.9. The second kappa shape index (κ2) is 8.96. The van der Waals surface area contributed by atoms with Gasteiger partial charge in [-0.25, -0.2) is 4.68 Å². The molecule has 0 aliphatic carbocycles. The van der Waals surface area contributed by atoms with E-state index in [0.29, 0.717) is 11.6 Å². The van der Waals surface area contributed by atoms with Crippen LogP contribution in [0.5, 0.6) is 5.75 Å². The summed E-state index contributed by atoms with van der Waals surface area (Å²) in [6, 6.07) is 15.8. The third-order valence-corrected chi connectivity index (χ3v) is 5.70. The predicted octanol–water partition coefficient (Wildman–Crippen LogP) is 5.09. The van der Waals surface area contributed by atoms with Gasteiger partial charge in [0.15, 0.2) is 0 Å². The van der Waals surface area contributed by atoms with Gasteiger partial charge in [0.05, 0.1) is 29.2 Å². The first-order valence-electron chi connectivity index (χ1n) is 10.2. The lowest BCUT2D eigenvalue weighted by Crippen LogP contribution is -2.18. The van der Waals surface area contributed by atoms with Gasteiger partial charge in [0.25, 0.3) is 0 Å². The highest BCUT2D eigenvalue weighted by atomic mass is 35.5. The van der Waals surface area contributed by atoms with E-state index in [1.165, 1.54) is 5.56 Å². The molecule has 0 aliphatic rings. The molecular formula is C24H26ClN5O. The van der Waals surface area contributed by atoms with E-state index in [2.05, 4.69) is 29.7 Å². The minimum atomic E-state index is 0.150. The minimum absolute atomic E-state index is 0.150. The quantitative estimate of drug-likeness (QED) is 0.439. The summed E-state index contributed by atoms with van der Waals surface area (Å²) in [5.74, 6) is 0.810. The van der Waals surface area contributed by atoms with Crippen molar-refractivity contribution >= 4 is 11.6 Å². The number of hydrogen-bond acceptors (Lipinski definition) is 4. The number of nitrogens with one attached hydrogen (secondary N) is 1. The summed E-state index contributed by atoms with van der Waals surface area (Å²) < 4.78 is 9.00. The maximum absolute atomic E-state index is 6.51. The Balaban J connectivity index is 1.67. The maximum Gasteiger partial charge on any atom is 0.119 e. The van der Waals surface area contributed by atoms with Crippen LogP contribution in [0.4, 0.5) is 0 Å². The number of methoxy groups -OCH3 is 1. The average molecular weight is 436 g/mol. The third-order valence-electron chi connectivity index (χ3n) is 5.37. The predicted molar refractivity (Wildman–Crippen MR) is 124 cm³/mol. The SMILES string of the molecule is COc1ccc(-n2cc(CNC(C)c3cn(C)nc3C)c(-c3ccccc3Cl)n2)cc1. The van der Waals surface area contributed by atoms with Gasteiger partial charge in [0, 0.05) is 48.7 Å². The van der Waals surface area contributed by atoms with Crippen molar-refractivity contribution in [2.75, 3.05) is 7.11 Å². The Morgan fingerprint density at radius 1 is 1.06 bits per heavy atom. The van der Waals surface area contributed by atoms with Crippen molar-refractivity contribution in [1.82, 2.24) is 24.9 Å². The molecule has 0 saturated heterocycles. The van der Waals surface area contributed by atoms with Gasteiger partial charge in [0.2, 0.25) is 0 Å². The van der Waals surface area contributed by atoms with Gasteiger partial charge in [-0.3, -0.25) is 4.68 Å². The first kappa shape index (κ1) is 21.2. The zero-order chi connectivity index (χ0) is 22.0. The van der Waals surface area contributed by atoms with Crippen molar-refractivity contribution in [2.24, 2.45) is 7.05 Å². The summed E-state index contributed by atoms with van der Waals surface area (Å²) in [5.41, 5.74) is 6.02. The molecule has 1 atom stereocenters. The van der Waals surface area contributed by atoms with Crippen molar-refractivity contribution in [3.63, 3.8) is 0 Å². The molecule has 1 unspecified atom stereocenters. The van der Waals surface area contributed by atoms with Crippen molar-refractivity contribution in [3.8, 4) is 22.7 Å². The molecule has 0 fully saturated rings. The van der Waals surface area contributed by atoms with E-state index < -0.39 is 0 Å². The fraction of sp³-hybridized carbons (Fsp3) is 0.250. The number of hydrogen-bond donors (Lipinski definition) is 1. The highest BCUT2D eigenvalue weighted by Crippen LogP contribution is 2.30. The fourth-order valence-electron chi connectivity index (χ4n) is 3.70. The average Bonchev–Trinajstić information content (AvgIpc) is 3.35. The van der Waals surface area contributed by atoms with Gasteiger partial charge in [0.1, 0.15) is 5.75 Å². The van der Waals surface area contributed by atoms with E-state index in [9.17, 15) is 0 Å². The summed E-state index contributed by atoms with van der Waals surface area (Å²) in [4.78, 5) is 0. The van der Waals surface area contributed by atoms with Crippen LogP contribution in [0.15, 0.2) is 60.9 Å². The summed E-state index contributed by atoms with van der Waals surface area (Å²) in [6.45, 7) is 4.82. The van der Waals surface area contributed by atoms with Crippen molar-refractivity contribution in [2.45, 2.75) is 26.4 Å². The number of aromatic nitrogens is 4. The Bertz CT molecular complexity index is 1180. The van der Waals surface area contributed by atoms with E-state index in [4.69, 9.17) is 21.4 Å². The summed E-state index contributed by atoms with van der Waals surface area (Å²) >= 11 is 6.51. The number of nitrogens with zero attached hydrogens (tertiary/aromatic N) is 4. The number of halogens is 1. The third kappa shape index (κ3) is 4.50. The van der Waals surface area contributed by atoms with Crippen LogP contribution in [-0.2, 0) is 13.6 Å². The standard InChI is InChI=1S/C24H26ClN5O/c1-16(22-15-29(3)27-17(22)2)26-13-18-14-30(19-9-11-20(31-4)12-10-19)28-24(18)21-7-5-6-8-23(21)25/h5-12,14-16,26H,13H2,1-4H3. The highest BCUT2D eigenvalue weighted by Gasteiger charge is 2.17. The van der Waals surface area contributed by atoms with Gasteiger partial charge >= 0.3 is 0 Å². The van der Waals surface area contributed by atoms with Crippen LogP contribution in [0.2, 0.25) is 5.02 Å². The molecule has 0 saturated carbocycles. The summed E-state index contributed by atoms with van der Waals surface area (Å²) in [7, 11) is 3.60. The Morgan fingerprint density at radius 2 is 1.81 bits per heavy atom. The lowest BCUT2D eigenvalue weighted by atomic mass is 10.1. The number of benzene rings is 2. The molecule has 0 bridgehead atoms. The van der Waals surface area contributed by atoms with Crippen molar-refractivity contribution in [1.29, 1.82) is 0 Å². The van der Waals surface area contributed by atoms with Crippen LogP contribution >= 0.6 is 11.6 Å². The van der Waals surface area contributed by atoms with Crippen LogP contribution in [-0.4, -0.2) is 26.7 Å². The molecule has 2 aromatic heterocycles. The Kier molecular flexibility index (Phi) is 6.11. The van der Waals surface area contributed by atoms with E-state index in [1.807, 2.05) is 71.9 Å². The molecule has 0 spiro atoms. The van der Waals surface area contributed by atoms with Gasteiger partial charge in [-0.15, -0.1) is 0 Å². The molecule has 7 heteroatoms. The maximum atomic E-state index is 6.51. The summed E-state index contributed by atoms with van der Waals surface area (Å²) in [5, 5.41) is 13.6. The fourth-order valence-corrected chi connectivity index (χ4v) is 3.93. The zero-order valence-electron chi connectivity index (χ0n) is 18.1. The normalized spacial score (nSPS) is 12.2. The van der Waals surface area contributed by atoms with Crippen molar-refractivity contribution in [3.05, 3.63) is 82.8 Å². The van der Waals surface area contributed by atoms with Gasteiger partial charge in [-0.1, -0.05) is 29.8 Å². The number of ether oxygens (including phenoxy) is 1. The molecule has 0 radical (unpaired) electrons. The van der Waals surface area contributed by atoms with Crippen LogP contribution in [0.1, 0.15) is 29.8 Å². The molecule has 31 heavy (non-hydrogen) atoms. The lowest BCUT2D eigenvalue weighted by Gasteiger charge is -2.13. The smallest absolute Gasteiger partial charge is 0.119 e. The molecule has 4 aromatic rings. The molecular weight excluding hydrogens is 410 g/mol. The molecule has 6 nitrogen and oxygen atoms in total. The Labute approximate surface area is 187 Å². The van der Waals surface area contributed by atoms with Gasteiger partial charge in [-0.05, 0) is 44.2 Å². The minimum Gasteiger partial charge on any atom is -0.497 e. The first-order chi connectivity index (χ1) is 15.0. The monoisotopic (exact) mass is 435 g/mol. The van der Waals surface area contributed by atoms with E-state index >= 15 is 0 Å². The van der Waals surface area contributed by atoms with Crippen LogP contribution in [0.3, 0.4) is 0 Å². The molecule has 4 rings (SSSR count).